The second-order valence-corrected chi connectivity index (χ2v) is 7.49. The molecule has 0 aliphatic carbocycles. The highest BCUT2D eigenvalue weighted by atomic mass is 19.4. The first kappa shape index (κ1) is 23.1. The lowest BCUT2D eigenvalue weighted by molar-refractivity contribution is -0.138. The number of benzene rings is 3. The Morgan fingerprint density at radius 1 is 0.875 bits per heavy atom. The molecular weight excluding hydrogens is 411 g/mol. The number of hydrogen-bond acceptors (Lipinski definition) is 2. The molecule has 3 aromatic carbocycles. The summed E-state index contributed by atoms with van der Waals surface area (Å²) in [6, 6.07) is 22.0. The van der Waals surface area contributed by atoms with E-state index in [1.165, 1.54) is 12.3 Å². The highest BCUT2D eigenvalue weighted by Gasteiger charge is 2.33. The van der Waals surface area contributed by atoms with Gasteiger partial charge in [-0.2, -0.15) is 13.2 Å². The van der Waals surface area contributed by atoms with E-state index in [4.69, 9.17) is 11.5 Å². The second kappa shape index (κ2) is 10.2. The van der Waals surface area contributed by atoms with Crippen LogP contribution in [0.5, 0.6) is 0 Å². The van der Waals surface area contributed by atoms with E-state index in [1.54, 1.807) is 6.07 Å². The zero-order valence-corrected chi connectivity index (χ0v) is 17.9. The van der Waals surface area contributed by atoms with Gasteiger partial charge in [-0.3, -0.25) is 0 Å². The second-order valence-electron chi connectivity index (χ2n) is 7.49. The molecular formula is C26H26F3N3. The molecule has 32 heavy (non-hydrogen) atoms. The highest BCUT2D eigenvalue weighted by Crippen LogP contribution is 2.34. The van der Waals surface area contributed by atoms with Crippen molar-refractivity contribution in [2.75, 3.05) is 0 Å². The summed E-state index contributed by atoms with van der Waals surface area (Å²) in [5.74, 6) is 0.360. The molecule has 0 saturated carbocycles. The molecule has 3 nitrogen and oxygen atoms in total. The van der Waals surface area contributed by atoms with Crippen molar-refractivity contribution in [1.29, 1.82) is 0 Å². The zero-order chi connectivity index (χ0) is 23.1. The standard InChI is InChI=1S/C26H26F3N3/c1-2-25(31)32-17-24(30)22-15-14-21(23(16-22)26(27,28)29)13-10-18-8-11-20(12-9-18)19-6-4-3-5-7-19/h3-9,11-12,14-17H,2,10,13,30H2,1H3,(H2,31,32)/b24-17-. The Morgan fingerprint density at radius 2 is 1.53 bits per heavy atom. The fourth-order valence-corrected chi connectivity index (χ4v) is 3.33. The lowest BCUT2D eigenvalue weighted by Crippen LogP contribution is -2.12. The summed E-state index contributed by atoms with van der Waals surface area (Å²) in [5, 5.41) is 0. The molecule has 6 heteroatoms. The number of aliphatic imine (C=N–C) groups is 1. The van der Waals surface area contributed by atoms with E-state index in [1.807, 2.05) is 61.5 Å². The lowest BCUT2D eigenvalue weighted by Gasteiger charge is -2.15. The van der Waals surface area contributed by atoms with Gasteiger partial charge >= 0.3 is 6.18 Å². The molecule has 3 rings (SSSR count). The molecule has 0 atom stereocenters. The molecule has 0 aliphatic rings. The van der Waals surface area contributed by atoms with Gasteiger partial charge < -0.3 is 11.5 Å². The molecule has 0 amide bonds. The van der Waals surface area contributed by atoms with Crippen LogP contribution in [0.4, 0.5) is 13.2 Å². The van der Waals surface area contributed by atoms with Gasteiger partial charge in [0.25, 0.3) is 0 Å². The Kier molecular flexibility index (Phi) is 7.36. The fraction of sp³-hybridized carbons (Fsp3) is 0.192. The van der Waals surface area contributed by atoms with Gasteiger partial charge in [0.15, 0.2) is 0 Å². The summed E-state index contributed by atoms with van der Waals surface area (Å²) in [5.41, 5.74) is 14.7. The average molecular weight is 438 g/mol. The SMILES string of the molecule is CCC(N)=N/C=C(\N)c1ccc(CCc2ccc(-c3ccccc3)cc2)c(C(F)(F)F)c1. The van der Waals surface area contributed by atoms with Gasteiger partial charge in [0, 0.05) is 6.42 Å². The first-order valence-corrected chi connectivity index (χ1v) is 10.4. The van der Waals surface area contributed by atoms with E-state index in [0.29, 0.717) is 18.7 Å². The predicted molar refractivity (Wildman–Crippen MR) is 125 cm³/mol. The number of rotatable bonds is 7. The van der Waals surface area contributed by atoms with Crippen LogP contribution in [0.15, 0.2) is 84.0 Å². The van der Waals surface area contributed by atoms with Crippen molar-refractivity contribution in [1.82, 2.24) is 0 Å². The van der Waals surface area contributed by atoms with Crippen molar-refractivity contribution in [3.63, 3.8) is 0 Å². The number of amidine groups is 1. The maximum Gasteiger partial charge on any atom is 0.416 e. The number of alkyl halides is 3. The predicted octanol–water partition coefficient (Wildman–Crippen LogP) is 6.18. The Labute approximate surface area is 186 Å². The molecule has 0 aromatic heterocycles. The topological polar surface area (TPSA) is 64.4 Å². The highest BCUT2D eigenvalue weighted by molar-refractivity contribution is 5.81. The Bertz CT molecular complexity index is 1100. The Morgan fingerprint density at radius 3 is 2.16 bits per heavy atom. The minimum Gasteiger partial charge on any atom is -0.397 e. The number of nitrogens with two attached hydrogens (primary N) is 2. The molecule has 166 valence electrons. The van der Waals surface area contributed by atoms with Crippen LogP contribution in [0.1, 0.15) is 35.6 Å². The van der Waals surface area contributed by atoms with E-state index in [-0.39, 0.29) is 23.2 Å². The normalized spacial score (nSPS) is 12.8. The van der Waals surface area contributed by atoms with E-state index >= 15 is 0 Å². The third kappa shape index (κ3) is 6.00. The third-order valence-corrected chi connectivity index (χ3v) is 5.22. The molecule has 0 spiro atoms. The minimum absolute atomic E-state index is 0.134. The largest absolute Gasteiger partial charge is 0.416 e. The van der Waals surface area contributed by atoms with Crippen LogP contribution in [0.25, 0.3) is 16.8 Å². The maximum atomic E-state index is 13.7. The maximum absolute atomic E-state index is 13.7. The molecule has 0 fully saturated rings. The van der Waals surface area contributed by atoms with Crippen molar-refractivity contribution < 1.29 is 13.2 Å². The summed E-state index contributed by atoms with van der Waals surface area (Å²) in [7, 11) is 0. The van der Waals surface area contributed by atoms with Crippen molar-refractivity contribution in [3.05, 3.63) is 101 Å². The zero-order valence-electron chi connectivity index (χ0n) is 17.9. The Hall–Kier alpha value is -3.54. The van der Waals surface area contributed by atoms with Crippen LogP contribution < -0.4 is 11.5 Å². The van der Waals surface area contributed by atoms with Crippen molar-refractivity contribution in [2.45, 2.75) is 32.4 Å². The van der Waals surface area contributed by atoms with Gasteiger partial charge in [0.2, 0.25) is 0 Å². The van der Waals surface area contributed by atoms with Gasteiger partial charge in [-0.25, -0.2) is 4.99 Å². The van der Waals surface area contributed by atoms with E-state index < -0.39 is 11.7 Å². The summed E-state index contributed by atoms with van der Waals surface area (Å²) in [4.78, 5) is 3.96. The van der Waals surface area contributed by atoms with E-state index in [0.717, 1.165) is 22.8 Å². The summed E-state index contributed by atoms with van der Waals surface area (Å²) >= 11 is 0. The molecule has 0 saturated heterocycles. The lowest BCUT2D eigenvalue weighted by atomic mass is 9.96. The third-order valence-electron chi connectivity index (χ3n) is 5.22. The Balaban J connectivity index is 1.79. The first-order valence-electron chi connectivity index (χ1n) is 10.4. The molecule has 3 aromatic rings. The minimum atomic E-state index is -4.48. The van der Waals surface area contributed by atoms with Crippen molar-refractivity contribution >= 4 is 11.5 Å². The quantitative estimate of drug-likeness (QED) is 0.342. The van der Waals surface area contributed by atoms with Gasteiger partial charge in [-0.1, -0.05) is 73.7 Å². The summed E-state index contributed by atoms with van der Waals surface area (Å²) in [6.45, 7) is 1.83. The molecule has 0 radical (unpaired) electrons. The van der Waals surface area contributed by atoms with Crippen LogP contribution in [0, 0.1) is 0 Å². The van der Waals surface area contributed by atoms with Crippen LogP contribution in [0.2, 0.25) is 0 Å². The molecule has 0 unspecified atom stereocenters. The summed E-state index contributed by atoms with van der Waals surface area (Å²) < 4.78 is 41.2. The van der Waals surface area contributed by atoms with Gasteiger partial charge in [-0.05, 0) is 46.7 Å². The van der Waals surface area contributed by atoms with Gasteiger partial charge in [0.05, 0.1) is 23.3 Å². The summed E-state index contributed by atoms with van der Waals surface area (Å²) in [6.07, 6.45) is -1.88. The van der Waals surface area contributed by atoms with Gasteiger partial charge in [0.1, 0.15) is 0 Å². The molecule has 4 N–H and O–H groups in total. The smallest absolute Gasteiger partial charge is 0.397 e. The van der Waals surface area contributed by atoms with Crippen LogP contribution >= 0.6 is 0 Å². The molecule has 0 bridgehead atoms. The van der Waals surface area contributed by atoms with E-state index in [2.05, 4.69) is 4.99 Å². The van der Waals surface area contributed by atoms with Crippen LogP contribution in [0.3, 0.4) is 0 Å². The first-order chi connectivity index (χ1) is 15.3. The van der Waals surface area contributed by atoms with Gasteiger partial charge in [-0.15, -0.1) is 0 Å². The number of nitrogens with zero attached hydrogens (tertiary/aromatic N) is 1. The van der Waals surface area contributed by atoms with E-state index in [9.17, 15) is 13.2 Å². The monoisotopic (exact) mass is 437 g/mol. The number of halogens is 3. The fourth-order valence-electron chi connectivity index (χ4n) is 3.33. The van der Waals surface area contributed by atoms with Crippen molar-refractivity contribution in [2.24, 2.45) is 16.5 Å². The van der Waals surface area contributed by atoms with Crippen LogP contribution in [-0.2, 0) is 19.0 Å². The van der Waals surface area contributed by atoms with Crippen molar-refractivity contribution in [3.8, 4) is 11.1 Å². The van der Waals surface area contributed by atoms with Crippen LogP contribution in [-0.4, -0.2) is 5.84 Å². The average Bonchev–Trinajstić information content (AvgIpc) is 2.81. The number of aryl methyl sites for hydroxylation is 2. The number of hydrogen-bond donors (Lipinski definition) is 2. The molecule has 0 heterocycles. The molecule has 0 aliphatic heterocycles.